The molecule has 1 aliphatic carbocycles. The summed E-state index contributed by atoms with van der Waals surface area (Å²) in [6.45, 7) is 3.17. The van der Waals surface area contributed by atoms with Gasteiger partial charge in [0.25, 0.3) is 0 Å². The molecule has 2 aromatic rings. The first-order chi connectivity index (χ1) is 11.5. The van der Waals surface area contributed by atoms with Gasteiger partial charge in [0.1, 0.15) is 0 Å². The van der Waals surface area contributed by atoms with Gasteiger partial charge in [0, 0.05) is 19.5 Å². The second kappa shape index (κ2) is 5.53. The lowest BCUT2D eigenvalue weighted by Gasteiger charge is -2.12. The average Bonchev–Trinajstić information content (AvgIpc) is 3.15. The molecule has 134 valence electrons. The molecule has 1 aromatic carbocycles. The van der Waals surface area contributed by atoms with E-state index < -0.39 is 27.3 Å². The number of rotatable bonds is 3. The maximum atomic E-state index is 12.6. The van der Waals surface area contributed by atoms with Gasteiger partial charge in [-0.1, -0.05) is 0 Å². The molecule has 1 aromatic heterocycles. The predicted molar refractivity (Wildman–Crippen MR) is 92.7 cm³/mol. The van der Waals surface area contributed by atoms with Crippen molar-refractivity contribution in [1.82, 2.24) is 13.9 Å². The van der Waals surface area contributed by atoms with E-state index in [0.717, 1.165) is 17.4 Å². The number of hydrogen-bond acceptors (Lipinski definition) is 6. The number of ether oxygens (including phenoxy) is 1. The maximum absolute atomic E-state index is 12.6. The Labute approximate surface area is 144 Å². The fourth-order valence-corrected chi connectivity index (χ4v) is 4.03. The highest BCUT2D eigenvalue weighted by molar-refractivity contribution is 7.89. The molecule has 9 nitrogen and oxygen atoms in total. The zero-order chi connectivity index (χ0) is 18.6. The predicted octanol–water partition coefficient (Wildman–Crippen LogP) is 0.967. The minimum absolute atomic E-state index is 0.00634. The normalized spacial score (nSPS) is 16.0. The van der Waals surface area contributed by atoms with E-state index in [1.165, 1.54) is 36.7 Å². The molecule has 0 bridgehead atoms. The zero-order valence-electron chi connectivity index (χ0n) is 14.1. The minimum Gasteiger partial charge on any atom is -0.412 e. The molecule has 0 amide bonds. The second-order valence-corrected chi connectivity index (χ2v) is 8.14. The molecule has 0 radical (unpaired) electrons. The highest BCUT2D eigenvalue weighted by Gasteiger charge is 2.41. The number of nitrogens with one attached hydrogen (secondary N) is 3. The van der Waals surface area contributed by atoms with Crippen molar-refractivity contribution in [3.05, 3.63) is 28.7 Å². The van der Waals surface area contributed by atoms with E-state index in [1.807, 2.05) is 6.92 Å². The van der Waals surface area contributed by atoms with Crippen LogP contribution in [0.5, 0.6) is 0 Å². The van der Waals surface area contributed by atoms with Gasteiger partial charge in [-0.15, -0.1) is 0 Å². The second-order valence-electron chi connectivity index (χ2n) is 6.46. The van der Waals surface area contributed by atoms with E-state index in [4.69, 9.17) is 15.6 Å². The van der Waals surface area contributed by atoms with E-state index >= 15 is 0 Å². The van der Waals surface area contributed by atoms with Crippen molar-refractivity contribution in [2.75, 3.05) is 0 Å². The molecule has 0 unspecified atom stereocenters. The first kappa shape index (κ1) is 17.4. The fraction of sp³-hybridized carbons (Fsp3) is 0.400. The Morgan fingerprint density at radius 3 is 2.48 bits per heavy atom. The quantitative estimate of drug-likeness (QED) is 0.552. The number of aromatic nitrogens is 2. The Kier molecular flexibility index (Phi) is 3.84. The Morgan fingerprint density at radius 2 is 1.92 bits per heavy atom. The summed E-state index contributed by atoms with van der Waals surface area (Å²) in [5.41, 5.74) is -0.296. The monoisotopic (exact) mass is 365 g/mol. The third-order valence-electron chi connectivity index (χ3n) is 4.17. The van der Waals surface area contributed by atoms with Gasteiger partial charge < -0.3 is 4.74 Å². The van der Waals surface area contributed by atoms with Crippen LogP contribution in [0.3, 0.4) is 0 Å². The third kappa shape index (κ3) is 3.10. The van der Waals surface area contributed by atoms with Crippen LogP contribution in [0, 0.1) is 10.8 Å². The molecule has 3 N–H and O–H groups in total. The molecule has 1 heterocycles. The maximum Gasteiger partial charge on any atom is 0.337 e. The first-order valence-corrected chi connectivity index (χ1v) is 9.10. The van der Waals surface area contributed by atoms with Gasteiger partial charge >= 0.3 is 11.7 Å². The molecular formula is C15H19N5O4S. The van der Waals surface area contributed by atoms with Crippen molar-refractivity contribution >= 4 is 33.0 Å². The lowest BCUT2D eigenvalue weighted by atomic mass is 10.3. The SMILES string of the molecule is CC(=N)OC(=N)n1c(=O)n(C)c2ccc(S(=O)(=O)NC3(C)CC3)cc21. The first-order valence-electron chi connectivity index (χ1n) is 7.61. The standard InChI is InChI=1S/C15H19N5O4S/c1-9(16)24-13(17)20-12-8-10(4-5-11(12)19(3)14(20)21)25(22,23)18-15(2)6-7-15/h4-5,8,16-18H,6-7H2,1-3H3. The topological polar surface area (TPSA) is 130 Å². The highest BCUT2D eigenvalue weighted by Crippen LogP contribution is 2.36. The van der Waals surface area contributed by atoms with Crippen molar-refractivity contribution in [1.29, 1.82) is 10.8 Å². The lowest BCUT2D eigenvalue weighted by Crippen LogP contribution is -2.34. The van der Waals surface area contributed by atoms with Crippen molar-refractivity contribution in [3.8, 4) is 0 Å². The van der Waals surface area contributed by atoms with Crippen LogP contribution >= 0.6 is 0 Å². The van der Waals surface area contributed by atoms with Crippen LogP contribution in [0.1, 0.15) is 26.7 Å². The number of hydrogen-bond donors (Lipinski definition) is 3. The Morgan fingerprint density at radius 1 is 1.28 bits per heavy atom. The summed E-state index contributed by atoms with van der Waals surface area (Å²) in [6.07, 6.45) is 1.56. The van der Waals surface area contributed by atoms with E-state index in [-0.39, 0.29) is 16.3 Å². The highest BCUT2D eigenvalue weighted by atomic mass is 32.2. The molecule has 25 heavy (non-hydrogen) atoms. The van der Waals surface area contributed by atoms with Crippen molar-refractivity contribution in [2.45, 2.75) is 37.1 Å². The Hall–Kier alpha value is -2.46. The Bertz CT molecular complexity index is 1060. The molecule has 0 aliphatic heterocycles. The molecule has 1 fully saturated rings. The third-order valence-corrected chi connectivity index (χ3v) is 5.81. The fourth-order valence-electron chi connectivity index (χ4n) is 2.55. The molecule has 10 heteroatoms. The van der Waals surface area contributed by atoms with E-state index in [2.05, 4.69) is 4.72 Å². The van der Waals surface area contributed by atoms with E-state index in [9.17, 15) is 13.2 Å². The number of nitrogens with zero attached hydrogens (tertiary/aromatic N) is 2. The van der Waals surface area contributed by atoms with Gasteiger partial charge in [-0.05, 0) is 38.0 Å². The minimum atomic E-state index is -3.74. The van der Waals surface area contributed by atoms with Gasteiger partial charge in [0.15, 0.2) is 5.90 Å². The largest absolute Gasteiger partial charge is 0.412 e. The summed E-state index contributed by atoms with van der Waals surface area (Å²) >= 11 is 0. The zero-order valence-corrected chi connectivity index (χ0v) is 14.9. The van der Waals surface area contributed by atoms with Crippen LogP contribution in [-0.2, 0) is 21.8 Å². The molecule has 1 saturated carbocycles. The summed E-state index contributed by atoms with van der Waals surface area (Å²) in [4.78, 5) is 12.4. The number of imidazole rings is 1. The molecular weight excluding hydrogens is 346 g/mol. The lowest BCUT2D eigenvalue weighted by molar-refractivity contribution is 0.501. The van der Waals surface area contributed by atoms with Crippen LogP contribution < -0.4 is 10.4 Å². The van der Waals surface area contributed by atoms with Crippen LogP contribution in [0.25, 0.3) is 11.0 Å². The molecule has 0 spiro atoms. The van der Waals surface area contributed by atoms with Crippen LogP contribution in [0.2, 0.25) is 0 Å². The summed E-state index contributed by atoms with van der Waals surface area (Å²) in [5.74, 6) is -0.249. The van der Waals surface area contributed by atoms with Crippen LogP contribution in [0.15, 0.2) is 27.9 Å². The van der Waals surface area contributed by atoms with Gasteiger partial charge in [-0.2, -0.15) is 0 Å². The summed E-state index contributed by atoms with van der Waals surface area (Å²) in [7, 11) is -2.23. The van der Waals surface area contributed by atoms with Crippen LogP contribution in [0.4, 0.5) is 0 Å². The number of benzene rings is 1. The van der Waals surface area contributed by atoms with Gasteiger partial charge in [0.2, 0.25) is 10.0 Å². The molecule has 0 atom stereocenters. The van der Waals surface area contributed by atoms with Crippen molar-refractivity contribution < 1.29 is 13.2 Å². The van der Waals surface area contributed by atoms with Crippen molar-refractivity contribution in [3.63, 3.8) is 0 Å². The van der Waals surface area contributed by atoms with E-state index in [0.29, 0.717) is 5.52 Å². The number of sulfonamides is 1. The smallest absolute Gasteiger partial charge is 0.337 e. The van der Waals surface area contributed by atoms with Gasteiger partial charge in [-0.25, -0.2) is 22.5 Å². The summed E-state index contributed by atoms with van der Waals surface area (Å²) in [6, 6.07) is 3.72. The van der Waals surface area contributed by atoms with E-state index in [1.54, 1.807) is 0 Å². The average molecular weight is 365 g/mol. The Balaban J connectivity index is 2.15. The summed E-state index contributed by atoms with van der Waals surface area (Å²) < 4.78 is 34.9. The number of aryl methyl sites for hydroxylation is 1. The number of fused-ring (bicyclic) bond motifs is 1. The molecule has 0 saturated heterocycles. The van der Waals surface area contributed by atoms with Gasteiger partial charge in [0.05, 0.1) is 15.9 Å². The van der Waals surface area contributed by atoms with Crippen LogP contribution in [-0.4, -0.2) is 35.0 Å². The van der Waals surface area contributed by atoms with Gasteiger partial charge in [-0.3, -0.25) is 15.4 Å². The summed E-state index contributed by atoms with van der Waals surface area (Å²) in [5, 5.41) is 15.2. The van der Waals surface area contributed by atoms with Crippen molar-refractivity contribution in [2.24, 2.45) is 7.05 Å². The molecule has 3 rings (SSSR count). The molecule has 1 aliphatic rings.